The Kier molecular flexibility index (Phi) is 6.90. The minimum atomic E-state index is 1.15. The average molecular weight is 687 g/mol. The highest BCUT2D eigenvalue weighted by Crippen LogP contribution is 2.40. The Morgan fingerprint density at radius 2 is 0.778 bits per heavy atom. The molecule has 0 aliphatic carbocycles. The number of nitrogens with zero attached hydrogens (tertiary/aromatic N) is 2. The van der Waals surface area contributed by atoms with Crippen molar-refractivity contribution in [2.45, 2.75) is 0 Å². The maximum Gasteiger partial charge on any atom is 0.0547 e. The zero-order chi connectivity index (χ0) is 35.6. The Morgan fingerprint density at radius 3 is 1.54 bits per heavy atom. The molecule has 0 unspecified atom stereocenters. The van der Waals surface area contributed by atoms with E-state index in [2.05, 4.69) is 215 Å². The first kappa shape index (κ1) is 30.5. The van der Waals surface area contributed by atoms with Crippen LogP contribution in [-0.4, -0.2) is 9.13 Å². The molecule has 0 atom stereocenters. The molecule has 0 amide bonds. The minimum Gasteiger partial charge on any atom is -0.309 e. The summed E-state index contributed by atoms with van der Waals surface area (Å²) >= 11 is 0. The van der Waals surface area contributed by atoms with E-state index in [1.54, 1.807) is 0 Å². The predicted octanol–water partition coefficient (Wildman–Crippen LogP) is 14.0. The molecule has 0 spiro atoms. The summed E-state index contributed by atoms with van der Waals surface area (Å²) in [7, 11) is 0. The van der Waals surface area contributed by atoms with Gasteiger partial charge in [-0.3, -0.25) is 0 Å². The number of rotatable bonds is 5. The van der Waals surface area contributed by atoms with E-state index in [0.717, 1.165) is 5.69 Å². The summed E-state index contributed by atoms with van der Waals surface area (Å²) in [5.41, 5.74) is 14.4. The van der Waals surface area contributed by atoms with Crippen LogP contribution in [0, 0.1) is 0 Å². The normalized spacial score (nSPS) is 11.7. The molecule has 0 radical (unpaired) electrons. The third-order valence-corrected chi connectivity index (χ3v) is 11.1. The Bertz CT molecular complexity index is 3210. The van der Waals surface area contributed by atoms with Crippen molar-refractivity contribution in [1.82, 2.24) is 9.13 Å². The smallest absolute Gasteiger partial charge is 0.0547 e. The quantitative estimate of drug-likeness (QED) is 0.171. The minimum absolute atomic E-state index is 1.15. The van der Waals surface area contributed by atoms with Gasteiger partial charge in [0, 0.05) is 32.8 Å². The van der Waals surface area contributed by atoms with Gasteiger partial charge in [0.15, 0.2) is 0 Å². The predicted molar refractivity (Wildman–Crippen MR) is 229 cm³/mol. The molecule has 2 aromatic heterocycles. The number of para-hydroxylation sites is 3. The van der Waals surface area contributed by atoms with Gasteiger partial charge in [-0.05, 0) is 81.1 Å². The molecule has 2 heterocycles. The zero-order valence-electron chi connectivity index (χ0n) is 29.5. The topological polar surface area (TPSA) is 9.86 Å². The second-order valence-electron chi connectivity index (χ2n) is 14.1. The van der Waals surface area contributed by atoms with Crippen molar-refractivity contribution < 1.29 is 0 Å². The molecule has 54 heavy (non-hydrogen) atoms. The van der Waals surface area contributed by atoms with Crippen LogP contribution in [0.3, 0.4) is 0 Å². The maximum absolute atomic E-state index is 2.45. The monoisotopic (exact) mass is 686 g/mol. The summed E-state index contributed by atoms with van der Waals surface area (Å²) in [4.78, 5) is 0. The summed E-state index contributed by atoms with van der Waals surface area (Å²) in [6, 6.07) is 75.2. The van der Waals surface area contributed by atoms with Gasteiger partial charge >= 0.3 is 0 Å². The standard InChI is InChI=1S/C52H34N2/c1-2-14-36(15-3-1)43-21-6-9-25-48(43)54-50-27-11-8-23-45(50)47-31-29-38(34-52(47)54)37-28-30-46-44-22-7-10-26-49(44)53(51(46)33-37)40-19-12-18-39(32-40)42-24-13-17-35-16-4-5-20-41(35)42/h1-34H. The lowest BCUT2D eigenvalue weighted by molar-refractivity contribution is 1.18. The van der Waals surface area contributed by atoms with Crippen LogP contribution in [-0.2, 0) is 0 Å². The largest absolute Gasteiger partial charge is 0.309 e. The zero-order valence-corrected chi connectivity index (χ0v) is 29.5. The summed E-state index contributed by atoms with van der Waals surface area (Å²) in [5, 5.41) is 7.52. The third-order valence-electron chi connectivity index (χ3n) is 11.1. The fourth-order valence-corrected chi connectivity index (χ4v) is 8.66. The molecule has 2 nitrogen and oxygen atoms in total. The van der Waals surface area contributed by atoms with Crippen molar-refractivity contribution in [3.63, 3.8) is 0 Å². The van der Waals surface area contributed by atoms with Crippen molar-refractivity contribution in [2.24, 2.45) is 0 Å². The maximum atomic E-state index is 2.45. The van der Waals surface area contributed by atoms with Crippen LogP contribution >= 0.6 is 0 Å². The van der Waals surface area contributed by atoms with Gasteiger partial charge in [-0.1, -0.05) is 164 Å². The second-order valence-corrected chi connectivity index (χ2v) is 14.1. The number of benzene rings is 9. The molecule has 2 heteroatoms. The number of aromatic nitrogens is 2. The van der Waals surface area contributed by atoms with Crippen molar-refractivity contribution >= 4 is 54.4 Å². The molecule has 0 aliphatic rings. The van der Waals surface area contributed by atoms with E-state index >= 15 is 0 Å². The lowest BCUT2D eigenvalue weighted by Gasteiger charge is -2.14. The van der Waals surface area contributed by atoms with E-state index in [-0.39, 0.29) is 0 Å². The van der Waals surface area contributed by atoms with Crippen LogP contribution in [0.1, 0.15) is 0 Å². The first-order valence-corrected chi connectivity index (χ1v) is 18.6. The van der Waals surface area contributed by atoms with E-state index < -0.39 is 0 Å². The summed E-state index contributed by atoms with van der Waals surface area (Å²) in [6.45, 7) is 0. The molecular formula is C52H34N2. The lowest BCUT2D eigenvalue weighted by Crippen LogP contribution is -1.97. The van der Waals surface area contributed by atoms with Gasteiger partial charge in [0.2, 0.25) is 0 Å². The molecule has 0 aliphatic heterocycles. The average Bonchev–Trinajstić information content (AvgIpc) is 3.76. The fraction of sp³-hybridized carbons (Fsp3) is 0. The molecular weight excluding hydrogens is 653 g/mol. The van der Waals surface area contributed by atoms with Crippen LogP contribution in [0.2, 0.25) is 0 Å². The first-order valence-electron chi connectivity index (χ1n) is 18.6. The number of hydrogen-bond acceptors (Lipinski definition) is 0. The van der Waals surface area contributed by atoms with Gasteiger partial charge in [0.05, 0.1) is 27.8 Å². The Hall–Kier alpha value is -7.16. The highest BCUT2D eigenvalue weighted by Gasteiger charge is 2.18. The SMILES string of the molecule is c1ccc(-c2ccccc2-n2c3ccccc3c3ccc(-c4ccc5c6ccccc6n(-c6cccc(-c7cccc8ccccc78)c6)c5c4)cc32)cc1. The van der Waals surface area contributed by atoms with Gasteiger partial charge in [-0.2, -0.15) is 0 Å². The van der Waals surface area contributed by atoms with Gasteiger partial charge < -0.3 is 9.13 Å². The number of hydrogen-bond donors (Lipinski definition) is 0. The van der Waals surface area contributed by atoms with Gasteiger partial charge in [-0.15, -0.1) is 0 Å². The molecule has 11 aromatic rings. The summed E-state index contributed by atoms with van der Waals surface area (Å²) in [6.07, 6.45) is 0. The molecule has 0 fully saturated rings. The molecule has 9 aromatic carbocycles. The van der Waals surface area contributed by atoms with Gasteiger partial charge in [-0.25, -0.2) is 0 Å². The van der Waals surface area contributed by atoms with E-state index in [1.165, 1.54) is 93.5 Å². The van der Waals surface area contributed by atoms with Crippen LogP contribution in [0.25, 0.3) is 99.1 Å². The highest BCUT2D eigenvalue weighted by molar-refractivity contribution is 6.12. The molecule has 0 saturated heterocycles. The van der Waals surface area contributed by atoms with E-state index in [9.17, 15) is 0 Å². The number of fused-ring (bicyclic) bond motifs is 7. The van der Waals surface area contributed by atoms with Crippen LogP contribution in [0.5, 0.6) is 0 Å². The van der Waals surface area contributed by atoms with E-state index in [4.69, 9.17) is 0 Å². The second kappa shape index (κ2) is 12.2. The van der Waals surface area contributed by atoms with Crippen molar-refractivity contribution in [3.8, 4) is 44.8 Å². The molecule has 0 saturated carbocycles. The Labute approximate surface area is 313 Å². The van der Waals surface area contributed by atoms with Crippen LogP contribution < -0.4 is 0 Å². The van der Waals surface area contributed by atoms with Crippen molar-refractivity contribution in [3.05, 3.63) is 206 Å². The molecule has 0 N–H and O–H groups in total. The molecule has 252 valence electrons. The van der Waals surface area contributed by atoms with Gasteiger partial charge in [0.1, 0.15) is 0 Å². The summed E-state index contributed by atoms with van der Waals surface area (Å²) < 4.78 is 4.89. The lowest BCUT2D eigenvalue weighted by atomic mass is 9.98. The molecule has 11 rings (SSSR count). The third kappa shape index (κ3) is 4.74. The Balaban J connectivity index is 1.12. The fourth-order valence-electron chi connectivity index (χ4n) is 8.66. The van der Waals surface area contributed by atoms with Crippen LogP contribution in [0.4, 0.5) is 0 Å². The van der Waals surface area contributed by atoms with E-state index in [1.807, 2.05) is 0 Å². The highest BCUT2D eigenvalue weighted by atomic mass is 15.0. The first-order chi connectivity index (χ1) is 26.8. The van der Waals surface area contributed by atoms with E-state index in [0.29, 0.717) is 0 Å². The van der Waals surface area contributed by atoms with Gasteiger partial charge in [0.25, 0.3) is 0 Å². The van der Waals surface area contributed by atoms with Crippen LogP contribution in [0.15, 0.2) is 206 Å². The Morgan fingerprint density at radius 1 is 0.259 bits per heavy atom. The summed E-state index contributed by atoms with van der Waals surface area (Å²) in [5.74, 6) is 0. The van der Waals surface area contributed by atoms with Crippen molar-refractivity contribution in [2.75, 3.05) is 0 Å². The van der Waals surface area contributed by atoms with Crippen molar-refractivity contribution in [1.29, 1.82) is 0 Å². The molecule has 0 bridgehead atoms.